The van der Waals surface area contributed by atoms with E-state index in [0.29, 0.717) is 25.6 Å². The molecule has 2 amide bonds. The van der Waals surface area contributed by atoms with E-state index in [1.165, 1.54) is 4.90 Å². The third kappa shape index (κ3) is 6.30. The molecule has 2 aliphatic rings. The van der Waals surface area contributed by atoms with Crippen molar-refractivity contribution in [1.29, 1.82) is 0 Å². The predicted octanol–water partition coefficient (Wildman–Crippen LogP) is 3.80. The molecule has 2 heterocycles. The molecule has 0 radical (unpaired) electrons. The van der Waals surface area contributed by atoms with E-state index >= 15 is 0 Å². The number of carbonyl (C=O) groups is 1. The number of fused-ring (bicyclic) bond motifs is 1. The topological polar surface area (TPSA) is 53.6 Å². The van der Waals surface area contributed by atoms with Gasteiger partial charge in [-0.2, -0.15) is 13.2 Å². The lowest BCUT2D eigenvalue weighted by atomic mass is 9.93. The van der Waals surface area contributed by atoms with Crippen molar-refractivity contribution in [3.8, 4) is 5.75 Å². The quantitative estimate of drug-likeness (QED) is 0.811. The SMILES string of the molecule is O=C(NCCC1CCN(CC(F)(F)F)CC1)Nc1ccc2c(c1)CCCO2. The predicted molar refractivity (Wildman–Crippen MR) is 97.1 cm³/mol. The van der Waals surface area contributed by atoms with Crippen LogP contribution >= 0.6 is 0 Å². The number of rotatable bonds is 5. The molecule has 0 aromatic heterocycles. The molecule has 27 heavy (non-hydrogen) atoms. The molecule has 1 fully saturated rings. The summed E-state index contributed by atoms with van der Waals surface area (Å²) in [5.74, 6) is 1.24. The molecular weight excluding hydrogens is 359 g/mol. The van der Waals surface area contributed by atoms with Crippen LogP contribution in [0.2, 0.25) is 0 Å². The van der Waals surface area contributed by atoms with Gasteiger partial charge >= 0.3 is 12.2 Å². The Hall–Kier alpha value is -1.96. The Morgan fingerprint density at radius 2 is 2.04 bits per heavy atom. The fraction of sp³-hybridized carbons (Fsp3) is 0.632. The van der Waals surface area contributed by atoms with E-state index in [2.05, 4.69) is 10.6 Å². The van der Waals surface area contributed by atoms with Crippen molar-refractivity contribution in [2.24, 2.45) is 5.92 Å². The van der Waals surface area contributed by atoms with Gasteiger partial charge in [0.1, 0.15) is 5.75 Å². The van der Waals surface area contributed by atoms with Crippen LogP contribution in [-0.4, -0.2) is 49.9 Å². The van der Waals surface area contributed by atoms with E-state index in [1.807, 2.05) is 18.2 Å². The van der Waals surface area contributed by atoms with Crippen LogP contribution in [0.15, 0.2) is 18.2 Å². The second-order valence-corrected chi connectivity index (χ2v) is 7.28. The molecule has 0 bridgehead atoms. The van der Waals surface area contributed by atoms with Crippen LogP contribution in [0.3, 0.4) is 0 Å². The van der Waals surface area contributed by atoms with Gasteiger partial charge in [0.05, 0.1) is 13.2 Å². The number of benzene rings is 1. The van der Waals surface area contributed by atoms with Gasteiger partial charge in [-0.15, -0.1) is 0 Å². The fourth-order valence-electron chi connectivity index (χ4n) is 3.69. The number of piperidine rings is 1. The number of carbonyl (C=O) groups excluding carboxylic acids is 1. The van der Waals surface area contributed by atoms with Crippen molar-refractivity contribution in [2.45, 2.75) is 38.3 Å². The number of ether oxygens (including phenoxy) is 1. The lowest BCUT2D eigenvalue weighted by Gasteiger charge is -2.32. The number of anilines is 1. The molecule has 0 unspecified atom stereocenters. The van der Waals surface area contributed by atoms with E-state index < -0.39 is 12.7 Å². The van der Waals surface area contributed by atoms with Crippen molar-refractivity contribution in [2.75, 3.05) is 38.1 Å². The zero-order chi connectivity index (χ0) is 19.3. The van der Waals surface area contributed by atoms with E-state index in [4.69, 9.17) is 4.74 Å². The van der Waals surface area contributed by atoms with E-state index in [9.17, 15) is 18.0 Å². The molecule has 1 saturated heterocycles. The number of nitrogens with zero attached hydrogens (tertiary/aromatic N) is 1. The zero-order valence-corrected chi connectivity index (χ0v) is 15.3. The maximum atomic E-state index is 12.4. The van der Waals surface area contributed by atoms with Gasteiger partial charge in [0.15, 0.2) is 0 Å². The molecule has 2 aliphatic heterocycles. The summed E-state index contributed by atoms with van der Waals surface area (Å²) in [5, 5.41) is 5.66. The van der Waals surface area contributed by atoms with Crippen molar-refractivity contribution < 1.29 is 22.7 Å². The second-order valence-electron chi connectivity index (χ2n) is 7.28. The van der Waals surface area contributed by atoms with Crippen LogP contribution in [0.1, 0.15) is 31.2 Å². The summed E-state index contributed by atoms with van der Waals surface area (Å²) >= 11 is 0. The first-order valence-corrected chi connectivity index (χ1v) is 9.49. The Balaban J connectivity index is 1.34. The Bertz CT molecular complexity index is 644. The van der Waals surface area contributed by atoms with Gasteiger partial charge in [-0.25, -0.2) is 4.79 Å². The Morgan fingerprint density at radius 3 is 2.78 bits per heavy atom. The number of alkyl halides is 3. The molecule has 0 spiro atoms. The van der Waals surface area contributed by atoms with Gasteiger partial charge in [-0.1, -0.05) is 0 Å². The fourth-order valence-corrected chi connectivity index (χ4v) is 3.69. The van der Waals surface area contributed by atoms with Gasteiger partial charge in [-0.3, -0.25) is 4.90 Å². The monoisotopic (exact) mass is 385 g/mol. The standard InChI is InChI=1S/C19H26F3N3O2/c20-19(21,22)13-25-9-6-14(7-10-25)5-8-23-18(26)24-16-3-4-17-15(12-16)2-1-11-27-17/h3-4,12,14H,1-2,5-11,13H2,(H2,23,24,26). The molecular formula is C19H26F3N3O2. The minimum Gasteiger partial charge on any atom is -0.493 e. The van der Waals surface area contributed by atoms with Crippen molar-refractivity contribution in [3.63, 3.8) is 0 Å². The smallest absolute Gasteiger partial charge is 0.401 e. The minimum absolute atomic E-state index is 0.263. The molecule has 150 valence electrons. The van der Waals surface area contributed by atoms with Crippen LogP contribution in [0.4, 0.5) is 23.7 Å². The van der Waals surface area contributed by atoms with E-state index in [0.717, 1.165) is 55.7 Å². The third-order valence-corrected chi connectivity index (χ3v) is 5.11. The summed E-state index contributed by atoms with van der Waals surface area (Å²) in [6.07, 6.45) is 0.0545. The average molecular weight is 385 g/mol. The van der Waals surface area contributed by atoms with Gasteiger partial charge in [-0.05, 0) is 74.9 Å². The van der Waals surface area contributed by atoms with Crippen LogP contribution in [0, 0.1) is 5.92 Å². The Kier molecular flexibility index (Phi) is 6.46. The first kappa shape index (κ1) is 19.8. The number of likely N-dealkylation sites (tertiary alicyclic amines) is 1. The third-order valence-electron chi connectivity index (χ3n) is 5.11. The molecule has 1 aromatic carbocycles. The number of hydrogen-bond acceptors (Lipinski definition) is 3. The number of halogens is 3. The molecule has 8 heteroatoms. The zero-order valence-electron chi connectivity index (χ0n) is 15.3. The van der Waals surface area contributed by atoms with Crippen LogP contribution < -0.4 is 15.4 Å². The van der Waals surface area contributed by atoms with E-state index in [1.54, 1.807) is 0 Å². The second kappa shape index (κ2) is 8.82. The van der Waals surface area contributed by atoms with Crippen molar-refractivity contribution >= 4 is 11.7 Å². The van der Waals surface area contributed by atoms with Gasteiger partial charge in [0.2, 0.25) is 0 Å². The number of amides is 2. The molecule has 5 nitrogen and oxygen atoms in total. The summed E-state index contributed by atoms with van der Waals surface area (Å²) in [7, 11) is 0. The summed E-state index contributed by atoms with van der Waals surface area (Å²) in [4.78, 5) is 13.5. The highest BCUT2D eigenvalue weighted by Gasteiger charge is 2.32. The number of aryl methyl sites for hydroxylation is 1. The Labute approximate surface area is 157 Å². The van der Waals surface area contributed by atoms with Crippen LogP contribution in [-0.2, 0) is 6.42 Å². The maximum Gasteiger partial charge on any atom is 0.401 e. The normalized spacial score (nSPS) is 18.5. The number of hydrogen-bond donors (Lipinski definition) is 2. The molecule has 2 N–H and O–H groups in total. The highest BCUT2D eigenvalue weighted by molar-refractivity contribution is 5.89. The van der Waals surface area contributed by atoms with Gasteiger partial charge in [0.25, 0.3) is 0 Å². The highest BCUT2D eigenvalue weighted by atomic mass is 19.4. The lowest BCUT2D eigenvalue weighted by Crippen LogP contribution is -2.40. The van der Waals surface area contributed by atoms with E-state index in [-0.39, 0.29) is 6.03 Å². The summed E-state index contributed by atoms with van der Waals surface area (Å²) in [6.45, 7) is 1.35. The van der Waals surface area contributed by atoms with Crippen molar-refractivity contribution in [1.82, 2.24) is 10.2 Å². The summed E-state index contributed by atoms with van der Waals surface area (Å²) < 4.78 is 42.7. The Morgan fingerprint density at radius 1 is 1.26 bits per heavy atom. The summed E-state index contributed by atoms with van der Waals surface area (Å²) in [6, 6.07) is 5.37. The van der Waals surface area contributed by atoms with Crippen LogP contribution in [0.5, 0.6) is 5.75 Å². The summed E-state index contributed by atoms with van der Waals surface area (Å²) in [5.41, 5.74) is 1.84. The van der Waals surface area contributed by atoms with Crippen LogP contribution in [0.25, 0.3) is 0 Å². The van der Waals surface area contributed by atoms with Gasteiger partial charge in [0, 0.05) is 12.2 Å². The number of urea groups is 1. The lowest BCUT2D eigenvalue weighted by molar-refractivity contribution is -0.148. The molecule has 3 rings (SSSR count). The molecule has 0 atom stereocenters. The maximum absolute atomic E-state index is 12.4. The number of nitrogens with one attached hydrogen (secondary N) is 2. The largest absolute Gasteiger partial charge is 0.493 e. The first-order chi connectivity index (χ1) is 12.9. The average Bonchev–Trinajstić information content (AvgIpc) is 2.62. The van der Waals surface area contributed by atoms with Gasteiger partial charge < -0.3 is 15.4 Å². The highest BCUT2D eigenvalue weighted by Crippen LogP contribution is 2.27. The van der Waals surface area contributed by atoms with Crippen molar-refractivity contribution in [3.05, 3.63) is 23.8 Å². The minimum atomic E-state index is -4.13. The molecule has 1 aromatic rings. The molecule has 0 aliphatic carbocycles. The first-order valence-electron chi connectivity index (χ1n) is 9.49. The molecule has 0 saturated carbocycles.